The van der Waals surface area contributed by atoms with Gasteiger partial charge in [0.2, 0.25) is 5.91 Å². The minimum absolute atomic E-state index is 0.0242. The van der Waals surface area contributed by atoms with Crippen molar-refractivity contribution in [2.75, 3.05) is 25.1 Å². The summed E-state index contributed by atoms with van der Waals surface area (Å²) >= 11 is 0. The number of carbonyl (C=O) groups is 2. The van der Waals surface area contributed by atoms with Crippen molar-refractivity contribution >= 4 is 17.6 Å². The first-order valence-electron chi connectivity index (χ1n) is 13.7. The fourth-order valence-electron chi connectivity index (χ4n) is 4.83. The average Bonchev–Trinajstić information content (AvgIpc) is 2.86. The lowest BCUT2D eigenvalue weighted by Gasteiger charge is -2.26. The number of ether oxygens (including phenoxy) is 3. The summed E-state index contributed by atoms with van der Waals surface area (Å²) in [4.78, 5) is 25.3. The Bertz CT molecular complexity index is 1060. The van der Waals surface area contributed by atoms with E-state index in [0.717, 1.165) is 59.6 Å². The van der Waals surface area contributed by atoms with Gasteiger partial charge in [-0.15, -0.1) is 0 Å². The van der Waals surface area contributed by atoms with E-state index < -0.39 is 0 Å². The Balaban J connectivity index is 1.81. The predicted octanol–water partition coefficient (Wildman–Crippen LogP) is 6.94. The van der Waals surface area contributed by atoms with Crippen molar-refractivity contribution in [1.29, 1.82) is 0 Å². The van der Waals surface area contributed by atoms with E-state index in [2.05, 4.69) is 45.1 Å². The van der Waals surface area contributed by atoms with Gasteiger partial charge in [-0.05, 0) is 54.4 Å². The van der Waals surface area contributed by atoms with Gasteiger partial charge in [0.15, 0.2) is 11.5 Å². The predicted molar refractivity (Wildman–Crippen MR) is 148 cm³/mol. The van der Waals surface area contributed by atoms with E-state index in [1.807, 2.05) is 31.2 Å². The zero-order chi connectivity index (χ0) is 26.8. The van der Waals surface area contributed by atoms with Crippen molar-refractivity contribution in [2.24, 2.45) is 0 Å². The number of nitrogens with one attached hydrogen (secondary N) is 1. The van der Waals surface area contributed by atoms with Gasteiger partial charge in [-0.3, -0.25) is 9.59 Å². The van der Waals surface area contributed by atoms with E-state index in [4.69, 9.17) is 14.2 Å². The Morgan fingerprint density at radius 2 is 1.84 bits per heavy atom. The Labute approximate surface area is 222 Å². The highest BCUT2D eigenvalue weighted by molar-refractivity contribution is 5.92. The number of aryl methyl sites for hydroxylation is 1. The maximum Gasteiger partial charge on any atom is 0.306 e. The molecule has 1 aliphatic rings. The Kier molecular flexibility index (Phi) is 10.4. The van der Waals surface area contributed by atoms with Crippen molar-refractivity contribution in [1.82, 2.24) is 0 Å². The Morgan fingerprint density at radius 3 is 2.57 bits per heavy atom. The van der Waals surface area contributed by atoms with Crippen molar-refractivity contribution < 1.29 is 23.8 Å². The Hall–Kier alpha value is -3.02. The van der Waals surface area contributed by atoms with Crippen LogP contribution in [0.3, 0.4) is 0 Å². The maximum absolute atomic E-state index is 13.5. The Morgan fingerprint density at radius 1 is 1.05 bits per heavy atom. The lowest BCUT2D eigenvalue weighted by Crippen LogP contribution is -2.22. The van der Waals surface area contributed by atoms with Crippen molar-refractivity contribution in [3.05, 3.63) is 53.1 Å². The van der Waals surface area contributed by atoms with Gasteiger partial charge in [-0.1, -0.05) is 71.2 Å². The van der Waals surface area contributed by atoms with Gasteiger partial charge in [-0.25, -0.2) is 0 Å². The second-order valence-corrected chi connectivity index (χ2v) is 10.8. The molecular formula is C31H43NO5. The maximum atomic E-state index is 13.5. The monoisotopic (exact) mass is 509 g/mol. The molecule has 202 valence electrons. The third-order valence-corrected chi connectivity index (χ3v) is 6.71. The molecule has 0 aliphatic carbocycles. The molecule has 2 aromatic carbocycles. The van der Waals surface area contributed by atoms with Gasteiger partial charge in [0.05, 0.1) is 6.61 Å². The molecule has 1 heterocycles. The molecule has 1 N–H and O–H groups in total. The smallest absolute Gasteiger partial charge is 0.306 e. The lowest BCUT2D eigenvalue weighted by molar-refractivity contribution is -0.143. The van der Waals surface area contributed by atoms with Crippen molar-refractivity contribution in [3.63, 3.8) is 0 Å². The summed E-state index contributed by atoms with van der Waals surface area (Å²) in [7, 11) is 0. The molecule has 0 bridgehead atoms. The van der Waals surface area contributed by atoms with Crippen LogP contribution in [-0.4, -0.2) is 31.7 Å². The summed E-state index contributed by atoms with van der Waals surface area (Å²) in [5, 5.41) is 3.21. The van der Waals surface area contributed by atoms with Crippen LogP contribution in [0.25, 0.3) is 0 Å². The summed E-state index contributed by atoms with van der Waals surface area (Å²) in [6, 6.07) is 12.1. The average molecular weight is 510 g/mol. The van der Waals surface area contributed by atoms with E-state index in [1.165, 1.54) is 0 Å². The van der Waals surface area contributed by atoms with E-state index >= 15 is 0 Å². The standard InChI is InChI=1S/C31H43NO5/c1-6-8-9-11-23(24-12-10-13-27-30(24)37-19-18-36-27)21-28(33)32-26-20-22(15-17-29(34)35-7-2)14-16-25(26)31(3,4)5/h10,12-14,16,20,23H,6-9,11,15,17-19,21H2,1-5H3,(H,32,33). The fourth-order valence-corrected chi connectivity index (χ4v) is 4.83. The minimum Gasteiger partial charge on any atom is -0.486 e. The van der Waals surface area contributed by atoms with Crippen LogP contribution in [-0.2, 0) is 26.2 Å². The number of rotatable bonds is 12. The van der Waals surface area contributed by atoms with Crippen LogP contribution in [0.1, 0.15) is 95.8 Å². The molecule has 0 fully saturated rings. The normalized spacial score (nSPS) is 13.6. The number of hydrogen-bond acceptors (Lipinski definition) is 5. The number of fused-ring (bicyclic) bond motifs is 1. The lowest BCUT2D eigenvalue weighted by atomic mass is 9.84. The first-order valence-corrected chi connectivity index (χ1v) is 13.7. The van der Waals surface area contributed by atoms with Crippen LogP contribution in [0.15, 0.2) is 36.4 Å². The quantitative estimate of drug-likeness (QED) is 0.248. The summed E-state index contributed by atoms with van der Waals surface area (Å²) < 4.78 is 16.9. The highest BCUT2D eigenvalue weighted by atomic mass is 16.6. The second-order valence-electron chi connectivity index (χ2n) is 10.8. The van der Waals surface area contributed by atoms with E-state index in [9.17, 15) is 9.59 Å². The van der Waals surface area contributed by atoms with Gasteiger partial charge in [0.25, 0.3) is 0 Å². The van der Waals surface area contributed by atoms with Gasteiger partial charge < -0.3 is 19.5 Å². The van der Waals surface area contributed by atoms with Crippen LogP contribution in [0.5, 0.6) is 11.5 Å². The number of anilines is 1. The zero-order valence-electron chi connectivity index (χ0n) is 23.2. The molecule has 37 heavy (non-hydrogen) atoms. The molecule has 0 saturated carbocycles. The van der Waals surface area contributed by atoms with Crippen LogP contribution in [0, 0.1) is 0 Å². The minimum atomic E-state index is -0.208. The highest BCUT2D eigenvalue weighted by Gasteiger charge is 2.25. The summed E-state index contributed by atoms with van der Waals surface area (Å²) in [5.41, 5.74) is 3.77. The first kappa shape index (κ1) is 28.5. The summed E-state index contributed by atoms with van der Waals surface area (Å²) in [5.74, 6) is 1.34. The molecule has 1 amide bonds. The number of benzene rings is 2. The van der Waals surface area contributed by atoms with Gasteiger partial charge >= 0.3 is 5.97 Å². The SMILES string of the molecule is CCCCCC(CC(=O)Nc1cc(CCC(=O)OCC)ccc1C(C)(C)C)c1cccc2c1OCCO2. The molecule has 2 aromatic rings. The first-order chi connectivity index (χ1) is 17.7. The molecule has 1 atom stereocenters. The molecular weight excluding hydrogens is 466 g/mol. The molecule has 6 nitrogen and oxygen atoms in total. The molecule has 0 saturated heterocycles. The fraction of sp³-hybridized carbons (Fsp3) is 0.548. The second kappa shape index (κ2) is 13.5. The van der Waals surface area contributed by atoms with Crippen LogP contribution in [0.4, 0.5) is 5.69 Å². The van der Waals surface area contributed by atoms with Gasteiger partial charge in [0, 0.05) is 24.1 Å². The molecule has 6 heteroatoms. The highest BCUT2D eigenvalue weighted by Crippen LogP contribution is 2.41. The van der Waals surface area contributed by atoms with Crippen molar-refractivity contribution in [2.45, 2.75) is 90.9 Å². The van der Waals surface area contributed by atoms with Gasteiger partial charge in [-0.2, -0.15) is 0 Å². The molecule has 1 unspecified atom stereocenters. The number of carbonyl (C=O) groups excluding carboxylic acids is 2. The van der Waals surface area contributed by atoms with Crippen LogP contribution in [0.2, 0.25) is 0 Å². The summed E-state index contributed by atoms with van der Waals surface area (Å²) in [6.07, 6.45) is 5.46. The largest absolute Gasteiger partial charge is 0.486 e. The zero-order valence-corrected chi connectivity index (χ0v) is 23.2. The van der Waals surface area contributed by atoms with Crippen LogP contribution >= 0.6 is 0 Å². The van der Waals surface area contributed by atoms with Crippen molar-refractivity contribution in [3.8, 4) is 11.5 Å². The third-order valence-electron chi connectivity index (χ3n) is 6.71. The molecule has 3 rings (SSSR count). The molecule has 0 radical (unpaired) electrons. The van der Waals surface area contributed by atoms with E-state index in [0.29, 0.717) is 39.1 Å². The number of esters is 1. The summed E-state index contributed by atoms with van der Waals surface area (Å²) in [6.45, 7) is 11.8. The number of unbranched alkanes of at least 4 members (excludes halogenated alkanes) is 2. The molecule has 0 spiro atoms. The molecule has 0 aromatic heterocycles. The number of amides is 1. The third kappa shape index (κ3) is 8.24. The van der Waals surface area contributed by atoms with Gasteiger partial charge in [0.1, 0.15) is 13.2 Å². The number of hydrogen-bond donors (Lipinski definition) is 1. The van der Waals surface area contributed by atoms with E-state index in [-0.39, 0.29) is 23.2 Å². The van der Waals surface area contributed by atoms with Crippen LogP contribution < -0.4 is 14.8 Å². The number of para-hydroxylation sites is 1. The topological polar surface area (TPSA) is 73.9 Å². The van der Waals surface area contributed by atoms with E-state index in [1.54, 1.807) is 0 Å². The molecule has 1 aliphatic heterocycles.